The average Bonchev–Trinajstić information content (AvgIpc) is 3.36. The second-order valence-corrected chi connectivity index (χ2v) is 9.39. The second kappa shape index (κ2) is 10.8. The maximum Gasteiger partial charge on any atom is 0.298 e. The number of methoxy groups -OCH3 is 1. The zero-order valence-electron chi connectivity index (χ0n) is 20.4. The Morgan fingerprint density at radius 2 is 1.69 bits per heavy atom. The van der Waals surface area contributed by atoms with E-state index >= 15 is 0 Å². The number of para-hydroxylation sites is 1. The molecule has 36 heavy (non-hydrogen) atoms. The van der Waals surface area contributed by atoms with Crippen LogP contribution in [0.1, 0.15) is 27.3 Å². The summed E-state index contributed by atoms with van der Waals surface area (Å²) in [5, 5.41) is 0.436. The molecule has 1 aromatic heterocycles. The Morgan fingerprint density at radius 1 is 0.944 bits per heavy atom. The third-order valence-corrected chi connectivity index (χ3v) is 6.92. The number of benzene rings is 3. The summed E-state index contributed by atoms with van der Waals surface area (Å²) < 4.78 is 15.9. The van der Waals surface area contributed by atoms with Gasteiger partial charge in [-0.1, -0.05) is 48.5 Å². The van der Waals surface area contributed by atoms with Crippen LogP contribution in [0.4, 0.5) is 5.69 Å². The number of carbonyl (C=O) groups is 1. The minimum atomic E-state index is -0.00894. The Bertz CT molecular complexity index is 1330. The molecular formula is C28H28N4O3S. The average molecular weight is 501 g/mol. The van der Waals surface area contributed by atoms with Gasteiger partial charge in [-0.2, -0.15) is 9.36 Å². The Morgan fingerprint density at radius 3 is 2.44 bits per heavy atom. The van der Waals surface area contributed by atoms with Crippen LogP contribution in [-0.2, 0) is 6.42 Å². The van der Waals surface area contributed by atoms with E-state index in [-0.39, 0.29) is 5.91 Å². The van der Waals surface area contributed by atoms with Crippen LogP contribution < -0.4 is 14.4 Å². The summed E-state index contributed by atoms with van der Waals surface area (Å²) in [6.07, 6.45) is 0.641. The molecule has 1 amide bonds. The number of carbonyl (C=O) groups excluding carboxylic acids is 1. The van der Waals surface area contributed by atoms with Crippen molar-refractivity contribution in [2.45, 2.75) is 13.3 Å². The standard InChI is InChI=1S/C28H28N4O3S/c1-20-8-6-7-11-23(20)31-14-16-32(17-15-31)27(33)22-12-13-24(25(19-22)34-2)35-28-29-26(30-36-28)18-21-9-4-3-5-10-21/h3-13,19H,14-18H2,1-2H3. The normalized spacial score (nSPS) is 13.5. The molecule has 0 N–H and O–H groups in total. The number of hydrogen-bond acceptors (Lipinski definition) is 7. The molecule has 1 fully saturated rings. The van der Waals surface area contributed by atoms with Crippen molar-refractivity contribution >= 4 is 23.1 Å². The fourth-order valence-electron chi connectivity index (χ4n) is 4.36. The van der Waals surface area contributed by atoms with Crippen LogP contribution >= 0.6 is 11.5 Å². The Hall–Kier alpha value is -3.91. The number of anilines is 1. The lowest BCUT2D eigenvalue weighted by Gasteiger charge is -2.36. The van der Waals surface area contributed by atoms with E-state index < -0.39 is 0 Å². The predicted molar refractivity (Wildman–Crippen MR) is 142 cm³/mol. The number of piperazine rings is 1. The van der Waals surface area contributed by atoms with Gasteiger partial charge in [0.15, 0.2) is 17.3 Å². The highest BCUT2D eigenvalue weighted by molar-refractivity contribution is 7.07. The van der Waals surface area contributed by atoms with E-state index in [0.717, 1.165) is 18.7 Å². The van der Waals surface area contributed by atoms with Crippen molar-refractivity contribution in [2.24, 2.45) is 0 Å². The van der Waals surface area contributed by atoms with Gasteiger partial charge in [-0.25, -0.2) is 0 Å². The summed E-state index contributed by atoms with van der Waals surface area (Å²) in [6, 6.07) is 23.7. The predicted octanol–water partition coefficient (Wildman–Crippen LogP) is 5.20. The molecular weight excluding hydrogens is 472 g/mol. The molecule has 0 saturated carbocycles. The fraction of sp³-hybridized carbons (Fsp3) is 0.250. The summed E-state index contributed by atoms with van der Waals surface area (Å²) in [6.45, 7) is 5.06. The molecule has 4 aromatic rings. The SMILES string of the molecule is COc1cc(C(=O)N2CCN(c3ccccc3C)CC2)ccc1Oc1nc(Cc2ccccc2)ns1. The zero-order chi connectivity index (χ0) is 24.9. The highest BCUT2D eigenvalue weighted by atomic mass is 32.1. The number of nitrogens with zero attached hydrogens (tertiary/aromatic N) is 4. The first-order chi connectivity index (χ1) is 17.6. The number of aromatic nitrogens is 2. The maximum absolute atomic E-state index is 13.2. The van der Waals surface area contributed by atoms with Crippen molar-refractivity contribution < 1.29 is 14.3 Å². The number of ether oxygens (including phenoxy) is 2. The van der Waals surface area contributed by atoms with Crippen molar-refractivity contribution in [2.75, 3.05) is 38.2 Å². The van der Waals surface area contributed by atoms with Crippen LogP contribution in [0, 0.1) is 6.92 Å². The van der Waals surface area contributed by atoms with Gasteiger partial charge < -0.3 is 19.3 Å². The van der Waals surface area contributed by atoms with E-state index in [1.807, 2.05) is 41.3 Å². The number of aryl methyl sites for hydroxylation is 1. The largest absolute Gasteiger partial charge is 0.493 e. The highest BCUT2D eigenvalue weighted by Crippen LogP contribution is 2.34. The van der Waals surface area contributed by atoms with Crippen LogP contribution in [0.2, 0.25) is 0 Å². The third kappa shape index (κ3) is 5.33. The Labute approximate surface area is 215 Å². The van der Waals surface area contributed by atoms with Gasteiger partial charge in [0, 0.05) is 55.4 Å². The Balaban J connectivity index is 1.23. The summed E-state index contributed by atoms with van der Waals surface area (Å²) in [4.78, 5) is 21.9. The number of rotatable bonds is 7. The van der Waals surface area contributed by atoms with Crippen LogP contribution in [0.3, 0.4) is 0 Å². The van der Waals surface area contributed by atoms with Crippen LogP contribution in [0.5, 0.6) is 16.7 Å². The van der Waals surface area contributed by atoms with Gasteiger partial charge in [-0.05, 0) is 42.3 Å². The van der Waals surface area contributed by atoms with Gasteiger partial charge >= 0.3 is 0 Å². The van der Waals surface area contributed by atoms with E-state index in [1.54, 1.807) is 25.3 Å². The molecule has 7 nitrogen and oxygen atoms in total. The van der Waals surface area contributed by atoms with E-state index in [0.29, 0.717) is 47.6 Å². The van der Waals surface area contributed by atoms with E-state index in [2.05, 4.69) is 39.4 Å². The smallest absolute Gasteiger partial charge is 0.298 e. The molecule has 0 unspecified atom stereocenters. The summed E-state index contributed by atoms with van der Waals surface area (Å²) in [7, 11) is 1.57. The van der Waals surface area contributed by atoms with Gasteiger partial charge in [0.1, 0.15) is 0 Å². The fourth-order valence-corrected chi connectivity index (χ4v) is 4.92. The van der Waals surface area contributed by atoms with Gasteiger partial charge in [0.05, 0.1) is 7.11 Å². The van der Waals surface area contributed by atoms with Crippen molar-refractivity contribution in [1.29, 1.82) is 0 Å². The number of amides is 1. The monoisotopic (exact) mass is 500 g/mol. The quantitative estimate of drug-likeness (QED) is 0.347. The minimum absolute atomic E-state index is 0.00894. The molecule has 3 aromatic carbocycles. The van der Waals surface area contributed by atoms with Crippen molar-refractivity contribution in [3.63, 3.8) is 0 Å². The molecule has 1 aliphatic heterocycles. The van der Waals surface area contributed by atoms with Crippen molar-refractivity contribution in [3.8, 4) is 16.7 Å². The molecule has 0 atom stereocenters. The molecule has 2 heterocycles. The molecule has 1 aliphatic rings. The number of hydrogen-bond donors (Lipinski definition) is 0. The van der Waals surface area contributed by atoms with Crippen LogP contribution in [0.15, 0.2) is 72.8 Å². The lowest BCUT2D eigenvalue weighted by atomic mass is 10.1. The lowest BCUT2D eigenvalue weighted by Crippen LogP contribution is -2.49. The minimum Gasteiger partial charge on any atom is -0.493 e. The Kier molecular flexibility index (Phi) is 7.13. The van der Waals surface area contributed by atoms with Crippen molar-refractivity contribution in [1.82, 2.24) is 14.3 Å². The van der Waals surface area contributed by atoms with E-state index in [4.69, 9.17) is 9.47 Å². The lowest BCUT2D eigenvalue weighted by molar-refractivity contribution is 0.0746. The van der Waals surface area contributed by atoms with Crippen molar-refractivity contribution in [3.05, 3.63) is 95.3 Å². The molecule has 1 saturated heterocycles. The topological polar surface area (TPSA) is 67.8 Å². The van der Waals surface area contributed by atoms with Crippen LogP contribution in [-0.4, -0.2) is 53.5 Å². The molecule has 0 spiro atoms. The molecule has 0 aliphatic carbocycles. The summed E-state index contributed by atoms with van der Waals surface area (Å²) >= 11 is 1.20. The van der Waals surface area contributed by atoms with Crippen LogP contribution in [0.25, 0.3) is 0 Å². The summed E-state index contributed by atoms with van der Waals surface area (Å²) in [5.74, 6) is 1.68. The van der Waals surface area contributed by atoms with Gasteiger partial charge in [0.2, 0.25) is 0 Å². The molecule has 0 radical (unpaired) electrons. The first-order valence-electron chi connectivity index (χ1n) is 11.9. The van der Waals surface area contributed by atoms with Gasteiger partial charge in [-0.15, -0.1) is 0 Å². The maximum atomic E-state index is 13.2. The van der Waals surface area contributed by atoms with E-state index in [1.165, 1.54) is 22.8 Å². The highest BCUT2D eigenvalue weighted by Gasteiger charge is 2.24. The molecule has 8 heteroatoms. The molecule has 0 bridgehead atoms. The van der Waals surface area contributed by atoms with Gasteiger partial charge in [0.25, 0.3) is 11.1 Å². The molecule has 184 valence electrons. The zero-order valence-corrected chi connectivity index (χ0v) is 21.2. The first-order valence-corrected chi connectivity index (χ1v) is 12.7. The molecule has 5 rings (SSSR count). The summed E-state index contributed by atoms with van der Waals surface area (Å²) in [5.41, 5.74) is 4.20. The van der Waals surface area contributed by atoms with Gasteiger partial charge in [-0.3, -0.25) is 4.79 Å². The first kappa shape index (κ1) is 23.8. The third-order valence-electron chi connectivity index (χ3n) is 6.29. The van der Waals surface area contributed by atoms with E-state index in [9.17, 15) is 4.79 Å². The second-order valence-electron chi connectivity index (χ2n) is 8.67.